The monoisotopic (exact) mass is 277 g/mol. The molecule has 0 radical (unpaired) electrons. The number of piperidine rings is 1. The Morgan fingerprint density at radius 1 is 1.20 bits per heavy atom. The van der Waals surface area contributed by atoms with E-state index >= 15 is 0 Å². The van der Waals surface area contributed by atoms with Crippen LogP contribution in [0.2, 0.25) is 0 Å². The Morgan fingerprint density at radius 3 is 2.50 bits per heavy atom. The Labute approximate surface area is 124 Å². The van der Waals surface area contributed by atoms with Crippen LogP contribution < -0.4 is 5.32 Å². The molecule has 3 heteroatoms. The molecule has 1 fully saturated rings. The fourth-order valence-electron chi connectivity index (χ4n) is 3.44. The highest BCUT2D eigenvalue weighted by Gasteiger charge is 2.16. The van der Waals surface area contributed by atoms with Crippen molar-refractivity contribution in [3.63, 3.8) is 0 Å². The minimum absolute atomic E-state index is 0.657. The molecule has 1 aliphatic rings. The van der Waals surface area contributed by atoms with Gasteiger partial charge in [-0.1, -0.05) is 6.42 Å². The summed E-state index contributed by atoms with van der Waals surface area (Å²) in [6.45, 7) is 14.7. The summed E-state index contributed by atoms with van der Waals surface area (Å²) in [5.74, 6) is 0. The van der Waals surface area contributed by atoms with Crippen LogP contribution >= 0.6 is 0 Å². The lowest BCUT2D eigenvalue weighted by molar-refractivity contribution is 0.170. The normalized spacial score (nSPS) is 18.4. The molecule has 1 saturated heterocycles. The van der Waals surface area contributed by atoms with Crippen molar-refractivity contribution in [2.45, 2.75) is 66.1 Å². The second-order valence-corrected chi connectivity index (χ2v) is 6.22. The zero-order valence-corrected chi connectivity index (χ0v) is 13.7. The zero-order valence-electron chi connectivity index (χ0n) is 13.7. The number of aryl methyl sites for hydroxylation is 1. The van der Waals surface area contributed by atoms with Crippen LogP contribution in [0.3, 0.4) is 0 Å². The SMILES string of the molecule is CCn1c(C)cc(CNCC(C)N2CCCCC2)c1C. The molecule has 0 spiro atoms. The lowest BCUT2D eigenvalue weighted by Gasteiger charge is -2.32. The van der Waals surface area contributed by atoms with E-state index in [-0.39, 0.29) is 0 Å². The predicted molar refractivity (Wildman–Crippen MR) is 86.2 cm³/mol. The van der Waals surface area contributed by atoms with E-state index in [1.165, 1.54) is 49.3 Å². The van der Waals surface area contributed by atoms with Crippen molar-refractivity contribution in [1.29, 1.82) is 0 Å². The van der Waals surface area contributed by atoms with Gasteiger partial charge in [0.15, 0.2) is 0 Å². The highest BCUT2D eigenvalue weighted by molar-refractivity contribution is 5.26. The molecule has 0 aliphatic carbocycles. The summed E-state index contributed by atoms with van der Waals surface area (Å²) in [6, 6.07) is 2.99. The van der Waals surface area contributed by atoms with E-state index in [2.05, 4.69) is 48.5 Å². The van der Waals surface area contributed by atoms with Gasteiger partial charge in [0.05, 0.1) is 0 Å². The van der Waals surface area contributed by atoms with E-state index in [4.69, 9.17) is 0 Å². The number of nitrogens with zero attached hydrogens (tertiary/aromatic N) is 2. The largest absolute Gasteiger partial charge is 0.349 e. The molecule has 0 bridgehead atoms. The average molecular weight is 277 g/mol. The maximum absolute atomic E-state index is 3.65. The van der Waals surface area contributed by atoms with Crippen LogP contribution in [0.25, 0.3) is 0 Å². The summed E-state index contributed by atoms with van der Waals surface area (Å²) < 4.78 is 2.39. The van der Waals surface area contributed by atoms with Crippen LogP contribution in [0.15, 0.2) is 6.07 Å². The van der Waals surface area contributed by atoms with Gasteiger partial charge in [-0.3, -0.25) is 4.90 Å². The van der Waals surface area contributed by atoms with Gasteiger partial charge >= 0.3 is 0 Å². The Balaban J connectivity index is 1.80. The van der Waals surface area contributed by atoms with Crippen molar-refractivity contribution in [2.24, 2.45) is 0 Å². The van der Waals surface area contributed by atoms with Crippen molar-refractivity contribution in [1.82, 2.24) is 14.8 Å². The molecular weight excluding hydrogens is 246 g/mol. The fraction of sp³-hybridized carbons (Fsp3) is 0.765. The van der Waals surface area contributed by atoms with Crippen LogP contribution in [-0.4, -0.2) is 35.1 Å². The molecule has 1 N–H and O–H groups in total. The van der Waals surface area contributed by atoms with Crippen molar-refractivity contribution in [3.8, 4) is 0 Å². The van der Waals surface area contributed by atoms with Gasteiger partial charge in [0.1, 0.15) is 0 Å². The molecule has 1 unspecified atom stereocenters. The van der Waals surface area contributed by atoms with Gasteiger partial charge in [-0.2, -0.15) is 0 Å². The molecule has 114 valence electrons. The third-order valence-electron chi connectivity index (χ3n) is 4.76. The smallest absolute Gasteiger partial charge is 0.0224 e. The number of hydrogen-bond acceptors (Lipinski definition) is 2. The minimum Gasteiger partial charge on any atom is -0.349 e. The first-order valence-electron chi connectivity index (χ1n) is 8.23. The molecule has 1 aromatic heterocycles. The Bertz CT molecular complexity index is 416. The predicted octanol–water partition coefficient (Wildman–Crippen LogP) is 3.09. The first-order valence-corrected chi connectivity index (χ1v) is 8.23. The van der Waals surface area contributed by atoms with Gasteiger partial charge in [0.2, 0.25) is 0 Å². The first kappa shape index (κ1) is 15.6. The molecule has 0 aromatic carbocycles. The molecular formula is C17H31N3. The molecule has 1 atom stereocenters. The van der Waals surface area contributed by atoms with Gasteiger partial charge in [0.25, 0.3) is 0 Å². The van der Waals surface area contributed by atoms with E-state index in [1.54, 1.807) is 0 Å². The summed E-state index contributed by atoms with van der Waals surface area (Å²) in [4.78, 5) is 2.63. The molecule has 2 heterocycles. The van der Waals surface area contributed by atoms with Gasteiger partial charge < -0.3 is 9.88 Å². The van der Waals surface area contributed by atoms with E-state index in [0.717, 1.165) is 19.6 Å². The maximum atomic E-state index is 3.65. The lowest BCUT2D eigenvalue weighted by Crippen LogP contribution is -2.42. The van der Waals surface area contributed by atoms with Gasteiger partial charge in [-0.15, -0.1) is 0 Å². The van der Waals surface area contributed by atoms with Gasteiger partial charge in [-0.05, 0) is 65.3 Å². The molecule has 20 heavy (non-hydrogen) atoms. The number of rotatable bonds is 6. The second kappa shape index (κ2) is 7.28. The van der Waals surface area contributed by atoms with Crippen molar-refractivity contribution in [3.05, 3.63) is 23.0 Å². The molecule has 0 saturated carbocycles. The van der Waals surface area contributed by atoms with Gasteiger partial charge in [0, 0.05) is 37.1 Å². The molecule has 1 aromatic rings. The van der Waals surface area contributed by atoms with Crippen LogP contribution in [0.5, 0.6) is 0 Å². The number of nitrogens with one attached hydrogen (secondary N) is 1. The third-order valence-corrected chi connectivity index (χ3v) is 4.76. The Morgan fingerprint density at radius 2 is 1.90 bits per heavy atom. The van der Waals surface area contributed by atoms with E-state index < -0.39 is 0 Å². The standard InChI is InChI=1S/C17H31N3/c1-5-20-14(2)11-17(16(20)4)13-18-12-15(3)19-9-7-6-8-10-19/h11,15,18H,5-10,12-13H2,1-4H3. The zero-order chi connectivity index (χ0) is 14.5. The van der Waals surface area contributed by atoms with Crippen molar-refractivity contribution >= 4 is 0 Å². The van der Waals surface area contributed by atoms with E-state index in [0.29, 0.717) is 6.04 Å². The Hall–Kier alpha value is -0.800. The van der Waals surface area contributed by atoms with Crippen LogP contribution in [-0.2, 0) is 13.1 Å². The summed E-state index contributed by atoms with van der Waals surface area (Å²) >= 11 is 0. The first-order chi connectivity index (χ1) is 9.63. The number of hydrogen-bond donors (Lipinski definition) is 1. The van der Waals surface area contributed by atoms with Crippen molar-refractivity contribution in [2.75, 3.05) is 19.6 Å². The topological polar surface area (TPSA) is 20.2 Å². The lowest BCUT2D eigenvalue weighted by atomic mass is 10.1. The van der Waals surface area contributed by atoms with Crippen molar-refractivity contribution < 1.29 is 0 Å². The average Bonchev–Trinajstić information content (AvgIpc) is 2.74. The fourth-order valence-corrected chi connectivity index (χ4v) is 3.44. The molecule has 0 amide bonds. The summed E-state index contributed by atoms with van der Waals surface area (Å²) in [5, 5.41) is 3.65. The van der Waals surface area contributed by atoms with E-state index in [9.17, 15) is 0 Å². The summed E-state index contributed by atoms with van der Waals surface area (Å²) in [7, 11) is 0. The summed E-state index contributed by atoms with van der Waals surface area (Å²) in [6.07, 6.45) is 4.17. The molecule has 1 aliphatic heterocycles. The quantitative estimate of drug-likeness (QED) is 0.862. The van der Waals surface area contributed by atoms with E-state index in [1.807, 2.05) is 0 Å². The maximum Gasteiger partial charge on any atom is 0.0224 e. The van der Waals surface area contributed by atoms with Gasteiger partial charge in [-0.25, -0.2) is 0 Å². The van der Waals surface area contributed by atoms with Crippen LogP contribution in [0.1, 0.15) is 50.1 Å². The van der Waals surface area contributed by atoms with Crippen LogP contribution in [0, 0.1) is 13.8 Å². The molecule has 2 rings (SSSR count). The summed E-state index contributed by atoms with van der Waals surface area (Å²) in [5.41, 5.74) is 4.25. The van der Waals surface area contributed by atoms with Crippen LogP contribution in [0.4, 0.5) is 0 Å². The minimum atomic E-state index is 0.657. The third kappa shape index (κ3) is 3.64. The highest BCUT2D eigenvalue weighted by atomic mass is 15.2. The number of likely N-dealkylation sites (tertiary alicyclic amines) is 1. The second-order valence-electron chi connectivity index (χ2n) is 6.22. The molecule has 3 nitrogen and oxygen atoms in total. The highest BCUT2D eigenvalue weighted by Crippen LogP contribution is 2.15. The Kier molecular flexibility index (Phi) is 5.67. The number of aromatic nitrogens is 1.